The number of phenolic OH excluding ortho intramolecular Hbond substituents is 1. The molecule has 0 aliphatic heterocycles. The highest BCUT2D eigenvalue weighted by molar-refractivity contribution is 5.60. The van der Waals surface area contributed by atoms with E-state index < -0.39 is 0 Å². The van der Waals surface area contributed by atoms with E-state index in [-0.39, 0.29) is 5.75 Å². The molecule has 14 heavy (non-hydrogen) atoms. The molecule has 2 nitrogen and oxygen atoms in total. The van der Waals surface area contributed by atoms with Gasteiger partial charge in [0.1, 0.15) is 5.75 Å². The van der Waals surface area contributed by atoms with Crippen molar-refractivity contribution in [2.24, 2.45) is 0 Å². The number of phenols is 1. The molecular weight excluding hydrogens is 174 g/mol. The van der Waals surface area contributed by atoms with E-state index in [2.05, 4.69) is 4.98 Å². The molecule has 0 unspecified atom stereocenters. The lowest BCUT2D eigenvalue weighted by atomic mass is 10.1. The molecule has 1 heterocycles. The van der Waals surface area contributed by atoms with E-state index in [1.807, 2.05) is 37.4 Å². The molecule has 0 saturated heterocycles. The van der Waals surface area contributed by atoms with Gasteiger partial charge in [-0.1, -0.05) is 18.2 Å². The molecule has 1 aromatic heterocycles. The SMILES string of the molecule is Cc1ccc(-c2cccc(O)c2)nc1. The Balaban J connectivity index is 2.44. The molecule has 1 N–H and O–H groups in total. The van der Waals surface area contributed by atoms with Crippen molar-refractivity contribution in [3.8, 4) is 17.0 Å². The molecule has 0 aliphatic rings. The second-order valence-corrected chi connectivity index (χ2v) is 3.27. The minimum absolute atomic E-state index is 0.268. The van der Waals surface area contributed by atoms with E-state index in [4.69, 9.17) is 0 Å². The van der Waals surface area contributed by atoms with Crippen molar-refractivity contribution in [3.63, 3.8) is 0 Å². The number of aromatic nitrogens is 1. The topological polar surface area (TPSA) is 33.1 Å². The Bertz CT molecular complexity index is 434. The first kappa shape index (κ1) is 8.75. The third kappa shape index (κ3) is 1.74. The summed E-state index contributed by atoms with van der Waals surface area (Å²) >= 11 is 0. The zero-order valence-electron chi connectivity index (χ0n) is 7.94. The van der Waals surface area contributed by atoms with E-state index in [9.17, 15) is 5.11 Å². The first-order valence-electron chi connectivity index (χ1n) is 4.48. The fourth-order valence-electron chi connectivity index (χ4n) is 1.30. The summed E-state index contributed by atoms with van der Waals surface area (Å²) in [6.45, 7) is 2.00. The van der Waals surface area contributed by atoms with Gasteiger partial charge < -0.3 is 5.11 Å². The van der Waals surface area contributed by atoms with E-state index >= 15 is 0 Å². The van der Waals surface area contributed by atoms with Crippen LogP contribution in [0.25, 0.3) is 11.3 Å². The highest BCUT2D eigenvalue weighted by atomic mass is 16.3. The van der Waals surface area contributed by atoms with Gasteiger partial charge in [-0.05, 0) is 30.7 Å². The molecule has 70 valence electrons. The van der Waals surface area contributed by atoms with Crippen LogP contribution >= 0.6 is 0 Å². The standard InChI is InChI=1S/C12H11NO/c1-9-5-6-12(13-8-9)10-3-2-4-11(14)7-10/h2-8,14H,1H3. The van der Waals surface area contributed by atoms with Gasteiger partial charge in [0, 0.05) is 11.8 Å². The molecule has 2 rings (SSSR count). The summed E-state index contributed by atoms with van der Waals surface area (Å²) in [5, 5.41) is 9.30. The average Bonchev–Trinajstić information content (AvgIpc) is 2.19. The summed E-state index contributed by atoms with van der Waals surface area (Å²) in [4.78, 5) is 4.28. The van der Waals surface area contributed by atoms with Gasteiger partial charge in [-0.3, -0.25) is 4.98 Å². The fraction of sp³-hybridized carbons (Fsp3) is 0.0833. The molecule has 0 atom stereocenters. The first-order valence-corrected chi connectivity index (χ1v) is 4.48. The Morgan fingerprint density at radius 2 is 2.00 bits per heavy atom. The Morgan fingerprint density at radius 1 is 1.14 bits per heavy atom. The second-order valence-electron chi connectivity index (χ2n) is 3.27. The number of hydrogen-bond acceptors (Lipinski definition) is 2. The predicted molar refractivity (Wildman–Crippen MR) is 56.1 cm³/mol. The molecule has 0 aliphatic carbocycles. The van der Waals surface area contributed by atoms with Gasteiger partial charge >= 0.3 is 0 Å². The molecule has 0 spiro atoms. The zero-order valence-corrected chi connectivity index (χ0v) is 7.94. The largest absolute Gasteiger partial charge is 0.508 e. The number of hydrogen-bond donors (Lipinski definition) is 1. The molecule has 2 aromatic rings. The lowest BCUT2D eigenvalue weighted by molar-refractivity contribution is 0.475. The summed E-state index contributed by atoms with van der Waals surface area (Å²) in [5.74, 6) is 0.268. The van der Waals surface area contributed by atoms with Crippen LogP contribution in [0.15, 0.2) is 42.6 Å². The number of aromatic hydroxyl groups is 1. The number of pyridine rings is 1. The maximum Gasteiger partial charge on any atom is 0.116 e. The highest BCUT2D eigenvalue weighted by Gasteiger charge is 1.98. The van der Waals surface area contributed by atoms with E-state index in [0.29, 0.717) is 0 Å². The lowest BCUT2D eigenvalue weighted by Gasteiger charge is -2.01. The van der Waals surface area contributed by atoms with Crippen molar-refractivity contribution >= 4 is 0 Å². The smallest absolute Gasteiger partial charge is 0.116 e. The quantitative estimate of drug-likeness (QED) is 0.741. The van der Waals surface area contributed by atoms with Crippen LogP contribution in [0.4, 0.5) is 0 Å². The fourth-order valence-corrected chi connectivity index (χ4v) is 1.30. The Morgan fingerprint density at radius 3 is 2.64 bits per heavy atom. The van der Waals surface area contributed by atoms with Crippen LogP contribution in [0.2, 0.25) is 0 Å². The number of rotatable bonds is 1. The monoisotopic (exact) mass is 185 g/mol. The average molecular weight is 185 g/mol. The number of nitrogens with zero attached hydrogens (tertiary/aromatic N) is 1. The first-order chi connectivity index (χ1) is 6.75. The van der Waals surface area contributed by atoms with Gasteiger partial charge in [-0.2, -0.15) is 0 Å². The minimum atomic E-state index is 0.268. The molecule has 2 heteroatoms. The molecule has 1 aromatic carbocycles. The molecule has 0 amide bonds. The minimum Gasteiger partial charge on any atom is -0.508 e. The Hall–Kier alpha value is -1.83. The Labute approximate surface area is 82.9 Å². The van der Waals surface area contributed by atoms with Crippen molar-refractivity contribution in [3.05, 3.63) is 48.2 Å². The normalized spacial score (nSPS) is 10.1. The van der Waals surface area contributed by atoms with Gasteiger partial charge in [-0.15, -0.1) is 0 Å². The lowest BCUT2D eigenvalue weighted by Crippen LogP contribution is -1.83. The maximum atomic E-state index is 9.30. The van der Waals surface area contributed by atoms with Crippen molar-refractivity contribution in [1.82, 2.24) is 4.98 Å². The maximum absolute atomic E-state index is 9.30. The van der Waals surface area contributed by atoms with E-state index in [1.54, 1.807) is 12.1 Å². The van der Waals surface area contributed by atoms with Gasteiger partial charge in [0.25, 0.3) is 0 Å². The van der Waals surface area contributed by atoms with Crippen LogP contribution in [0.5, 0.6) is 5.75 Å². The van der Waals surface area contributed by atoms with Crippen molar-refractivity contribution < 1.29 is 5.11 Å². The van der Waals surface area contributed by atoms with Crippen molar-refractivity contribution in [2.75, 3.05) is 0 Å². The summed E-state index contributed by atoms with van der Waals surface area (Å²) in [6, 6.07) is 11.1. The third-order valence-corrected chi connectivity index (χ3v) is 2.05. The van der Waals surface area contributed by atoms with Gasteiger partial charge in [-0.25, -0.2) is 0 Å². The molecular formula is C12H11NO. The van der Waals surface area contributed by atoms with Crippen molar-refractivity contribution in [1.29, 1.82) is 0 Å². The second kappa shape index (κ2) is 3.50. The highest BCUT2D eigenvalue weighted by Crippen LogP contribution is 2.20. The molecule has 0 radical (unpaired) electrons. The number of benzene rings is 1. The third-order valence-electron chi connectivity index (χ3n) is 2.05. The van der Waals surface area contributed by atoms with Crippen LogP contribution in [0, 0.1) is 6.92 Å². The summed E-state index contributed by atoms with van der Waals surface area (Å²) in [7, 11) is 0. The summed E-state index contributed by atoms with van der Waals surface area (Å²) in [5.41, 5.74) is 2.95. The van der Waals surface area contributed by atoms with Gasteiger partial charge in [0.2, 0.25) is 0 Å². The van der Waals surface area contributed by atoms with Crippen LogP contribution < -0.4 is 0 Å². The molecule has 0 bridgehead atoms. The zero-order chi connectivity index (χ0) is 9.97. The Kier molecular flexibility index (Phi) is 2.19. The molecule has 0 fully saturated rings. The predicted octanol–water partition coefficient (Wildman–Crippen LogP) is 2.76. The summed E-state index contributed by atoms with van der Waals surface area (Å²) < 4.78 is 0. The van der Waals surface area contributed by atoms with E-state index in [1.165, 1.54) is 0 Å². The van der Waals surface area contributed by atoms with Crippen LogP contribution in [0.1, 0.15) is 5.56 Å². The number of aryl methyl sites for hydroxylation is 1. The van der Waals surface area contributed by atoms with Gasteiger partial charge in [0.15, 0.2) is 0 Å². The van der Waals surface area contributed by atoms with Crippen molar-refractivity contribution in [2.45, 2.75) is 6.92 Å². The van der Waals surface area contributed by atoms with Crippen LogP contribution in [-0.4, -0.2) is 10.1 Å². The van der Waals surface area contributed by atoms with Crippen LogP contribution in [-0.2, 0) is 0 Å². The van der Waals surface area contributed by atoms with Gasteiger partial charge in [0.05, 0.1) is 5.69 Å². The van der Waals surface area contributed by atoms with E-state index in [0.717, 1.165) is 16.8 Å². The van der Waals surface area contributed by atoms with Crippen LogP contribution in [0.3, 0.4) is 0 Å². The molecule has 0 saturated carbocycles. The summed E-state index contributed by atoms with van der Waals surface area (Å²) in [6.07, 6.45) is 1.82.